The van der Waals surface area contributed by atoms with Gasteiger partial charge in [-0.3, -0.25) is 9.59 Å². The van der Waals surface area contributed by atoms with E-state index in [9.17, 15) is 14.4 Å². The SMILES string of the molecule is COCCNC(=O)Nc1ccc2c(c1)cc1n2C(CC(=O)NCc2ccccc2C)CNC1=O. The molecule has 0 saturated heterocycles. The van der Waals surface area contributed by atoms with Gasteiger partial charge in [0.05, 0.1) is 12.6 Å². The van der Waals surface area contributed by atoms with Crippen LogP contribution in [-0.4, -0.2) is 49.2 Å². The van der Waals surface area contributed by atoms with Crippen LogP contribution in [0.25, 0.3) is 10.9 Å². The first kappa shape index (κ1) is 23.3. The first-order valence-electron chi connectivity index (χ1n) is 11.2. The molecule has 0 aliphatic carbocycles. The Hall–Kier alpha value is -3.85. The van der Waals surface area contributed by atoms with Gasteiger partial charge in [0.2, 0.25) is 5.91 Å². The molecule has 1 atom stereocenters. The van der Waals surface area contributed by atoms with E-state index in [0.29, 0.717) is 37.6 Å². The van der Waals surface area contributed by atoms with Crippen LogP contribution in [0.5, 0.6) is 0 Å². The van der Waals surface area contributed by atoms with Crippen LogP contribution in [0.15, 0.2) is 48.5 Å². The Morgan fingerprint density at radius 2 is 1.97 bits per heavy atom. The lowest BCUT2D eigenvalue weighted by molar-refractivity contribution is -0.122. The number of nitrogens with zero attached hydrogens (tertiary/aromatic N) is 1. The van der Waals surface area contributed by atoms with E-state index < -0.39 is 0 Å². The minimum absolute atomic E-state index is 0.0804. The van der Waals surface area contributed by atoms with E-state index in [2.05, 4.69) is 21.3 Å². The third-order valence-corrected chi connectivity index (χ3v) is 5.94. The van der Waals surface area contributed by atoms with E-state index in [1.54, 1.807) is 19.2 Å². The molecule has 1 aliphatic rings. The smallest absolute Gasteiger partial charge is 0.319 e. The highest BCUT2D eigenvalue weighted by Gasteiger charge is 2.28. The van der Waals surface area contributed by atoms with Gasteiger partial charge in [0.15, 0.2) is 0 Å². The van der Waals surface area contributed by atoms with Crippen LogP contribution in [0.2, 0.25) is 0 Å². The zero-order valence-corrected chi connectivity index (χ0v) is 19.3. The summed E-state index contributed by atoms with van der Waals surface area (Å²) in [6.45, 7) is 3.68. The molecule has 0 saturated carbocycles. The molecule has 3 aromatic rings. The predicted octanol–water partition coefficient (Wildman–Crippen LogP) is 2.71. The van der Waals surface area contributed by atoms with Gasteiger partial charge in [0, 0.05) is 49.8 Å². The van der Waals surface area contributed by atoms with Crippen LogP contribution in [0, 0.1) is 6.92 Å². The summed E-state index contributed by atoms with van der Waals surface area (Å²) in [7, 11) is 1.57. The molecule has 0 spiro atoms. The summed E-state index contributed by atoms with van der Waals surface area (Å²) in [4.78, 5) is 37.3. The van der Waals surface area contributed by atoms with Crippen LogP contribution in [0.1, 0.15) is 34.1 Å². The molecule has 4 N–H and O–H groups in total. The Labute approximate surface area is 197 Å². The highest BCUT2D eigenvalue weighted by molar-refractivity contribution is 6.01. The highest BCUT2D eigenvalue weighted by atomic mass is 16.5. The molecular weight excluding hydrogens is 434 g/mol. The Morgan fingerprint density at radius 3 is 2.76 bits per heavy atom. The average molecular weight is 464 g/mol. The highest BCUT2D eigenvalue weighted by Crippen LogP contribution is 2.30. The van der Waals surface area contributed by atoms with E-state index >= 15 is 0 Å². The summed E-state index contributed by atoms with van der Waals surface area (Å²) in [5.41, 5.74) is 4.15. The summed E-state index contributed by atoms with van der Waals surface area (Å²) in [6.07, 6.45) is 0.241. The molecule has 9 nitrogen and oxygen atoms in total. The molecule has 34 heavy (non-hydrogen) atoms. The molecule has 4 rings (SSSR count). The van der Waals surface area contributed by atoms with Crippen molar-refractivity contribution in [1.29, 1.82) is 0 Å². The number of carbonyl (C=O) groups excluding carboxylic acids is 3. The maximum Gasteiger partial charge on any atom is 0.319 e. The van der Waals surface area contributed by atoms with Gasteiger partial charge in [-0.1, -0.05) is 24.3 Å². The fraction of sp³-hybridized carbons (Fsp3) is 0.320. The summed E-state index contributed by atoms with van der Waals surface area (Å²) < 4.78 is 6.85. The minimum atomic E-state index is -0.332. The fourth-order valence-corrected chi connectivity index (χ4v) is 4.17. The molecule has 0 bridgehead atoms. The van der Waals surface area contributed by atoms with Crippen molar-refractivity contribution in [2.24, 2.45) is 0 Å². The zero-order chi connectivity index (χ0) is 24.1. The van der Waals surface area contributed by atoms with Crippen LogP contribution in [0.4, 0.5) is 10.5 Å². The predicted molar refractivity (Wildman–Crippen MR) is 130 cm³/mol. The molecule has 1 unspecified atom stereocenters. The lowest BCUT2D eigenvalue weighted by atomic mass is 10.1. The van der Waals surface area contributed by atoms with E-state index in [1.807, 2.05) is 47.9 Å². The number of ether oxygens (including phenoxy) is 1. The summed E-state index contributed by atoms with van der Waals surface area (Å²) in [5.74, 6) is -0.261. The number of urea groups is 1. The number of aryl methyl sites for hydroxylation is 1. The Balaban J connectivity index is 1.48. The second kappa shape index (κ2) is 10.4. The van der Waals surface area contributed by atoms with Gasteiger partial charge in [-0.2, -0.15) is 0 Å². The van der Waals surface area contributed by atoms with Gasteiger partial charge in [-0.25, -0.2) is 4.79 Å². The van der Waals surface area contributed by atoms with E-state index in [0.717, 1.165) is 22.0 Å². The lowest BCUT2D eigenvalue weighted by Crippen LogP contribution is -2.40. The van der Waals surface area contributed by atoms with Crippen molar-refractivity contribution in [2.45, 2.75) is 25.9 Å². The molecule has 2 aromatic carbocycles. The Kier molecular flexibility index (Phi) is 7.12. The van der Waals surface area contributed by atoms with E-state index in [-0.39, 0.29) is 30.3 Å². The number of aromatic nitrogens is 1. The third-order valence-electron chi connectivity index (χ3n) is 5.94. The van der Waals surface area contributed by atoms with Gasteiger partial charge >= 0.3 is 6.03 Å². The van der Waals surface area contributed by atoms with Crippen molar-refractivity contribution >= 4 is 34.4 Å². The molecule has 0 fully saturated rings. The second-order valence-electron chi connectivity index (χ2n) is 8.32. The van der Waals surface area contributed by atoms with E-state index in [4.69, 9.17) is 4.74 Å². The van der Waals surface area contributed by atoms with Crippen molar-refractivity contribution in [3.63, 3.8) is 0 Å². The lowest BCUT2D eigenvalue weighted by Gasteiger charge is -2.27. The fourth-order valence-electron chi connectivity index (χ4n) is 4.17. The molecule has 0 radical (unpaired) electrons. The molecule has 4 amide bonds. The van der Waals surface area contributed by atoms with Gasteiger partial charge in [-0.15, -0.1) is 0 Å². The summed E-state index contributed by atoms with van der Waals surface area (Å²) in [5, 5.41) is 12.2. The molecule has 2 heterocycles. The molecule has 178 valence electrons. The average Bonchev–Trinajstić information content (AvgIpc) is 3.20. The first-order valence-corrected chi connectivity index (χ1v) is 11.2. The quantitative estimate of drug-likeness (QED) is 0.385. The number of benzene rings is 2. The topological polar surface area (TPSA) is 113 Å². The number of anilines is 1. The number of rotatable bonds is 8. The van der Waals surface area contributed by atoms with Crippen LogP contribution in [-0.2, 0) is 16.1 Å². The van der Waals surface area contributed by atoms with Crippen LogP contribution >= 0.6 is 0 Å². The summed E-state index contributed by atoms with van der Waals surface area (Å²) in [6, 6.07) is 14.7. The normalized spacial score (nSPS) is 14.9. The number of amides is 4. The van der Waals surface area contributed by atoms with Gasteiger partial charge in [0.25, 0.3) is 5.91 Å². The number of hydrogen-bond donors (Lipinski definition) is 4. The Morgan fingerprint density at radius 1 is 1.15 bits per heavy atom. The zero-order valence-electron chi connectivity index (χ0n) is 19.3. The number of carbonyl (C=O) groups is 3. The van der Waals surface area contributed by atoms with Crippen molar-refractivity contribution in [2.75, 3.05) is 32.1 Å². The Bertz CT molecular complexity index is 1220. The molecular formula is C25H29N5O4. The molecule has 9 heteroatoms. The van der Waals surface area contributed by atoms with Crippen LogP contribution in [0.3, 0.4) is 0 Å². The number of methoxy groups -OCH3 is 1. The minimum Gasteiger partial charge on any atom is -0.383 e. The third kappa shape index (κ3) is 5.20. The number of fused-ring (bicyclic) bond motifs is 3. The summed E-state index contributed by atoms with van der Waals surface area (Å²) >= 11 is 0. The van der Waals surface area contributed by atoms with E-state index in [1.165, 1.54) is 0 Å². The monoisotopic (exact) mass is 463 g/mol. The number of nitrogens with one attached hydrogen (secondary N) is 4. The largest absolute Gasteiger partial charge is 0.383 e. The van der Waals surface area contributed by atoms with Gasteiger partial charge in [0.1, 0.15) is 5.69 Å². The van der Waals surface area contributed by atoms with Crippen molar-refractivity contribution < 1.29 is 19.1 Å². The van der Waals surface area contributed by atoms with Crippen LogP contribution < -0.4 is 21.3 Å². The molecule has 1 aliphatic heterocycles. The standard InChI is InChI=1S/C25H29N5O4/c1-16-5-3-4-6-17(16)14-27-23(31)13-20-15-28-24(32)22-12-18-11-19(7-8-21(18)30(20)22)29-25(33)26-9-10-34-2/h3-8,11-12,20H,9-10,13-15H2,1-2H3,(H,27,31)(H,28,32)(H2,26,29,33). The maximum atomic E-state index is 12.7. The van der Waals surface area contributed by atoms with Crippen molar-refractivity contribution in [1.82, 2.24) is 20.5 Å². The number of hydrogen-bond acceptors (Lipinski definition) is 4. The second-order valence-corrected chi connectivity index (χ2v) is 8.32. The molecule has 1 aromatic heterocycles. The van der Waals surface area contributed by atoms with Crippen molar-refractivity contribution in [3.05, 3.63) is 65.4 Å². The van der Waals surface area contributed by atoms with Crippen molar-refractivity contribution in [3.8, 4) is 0 Å². The van der Waals surface area contributed by atoms with Gasteiger partial charge in [-0.05, 0) is 42.3 Å². The first-order chi connectivity index (χ1) is 16.5. The maximum absolute atomic E-state index is 12.7. The van der Waals surface area contributed by atoms with Gasteiger partial charge < -0.3 is 30.6 Å².